The van der Waals surface area contributed by atoms with E-state index < -0.39 is 11.8 Å². The zero-order chi connectivity index (χ0) is 42.5. The van der Waals surface area contributed by atoms with Gasteiger partial charge in [-0.15, -0.1) is 0 Å². The van der Waals surface area contributed by atoms with Gasteiger partial charge in [-0.3, -0.25) is 39.6 Å². The number of unbranched alkanes of at least 4 members (excludes halogenated alkanes) is 3. The van der Waals surface area contributed by atoms with E-state index in [-0.39, 0.29) is 74.1 Å². The Kier molecular flexibility index (Phi) is 15.2. The smallest absolute Gasteiger partial charge is 0.272 e. The molecule has 0 bridgehead atoms. The first kappa shape index (κ1) is 43.6. The first-order valence-corrected chi connectivity index (χ1v) is 18.6. The topological polar surface area (TPSA) is 294 Å². The van der Waals surface area contributed by atoms with Crippen molar-refractivity contribution in [1.82, 2.24) is 28.9 Å². The van der Waals surface area contributed by atoms with Crippen LogP contribution in [0.4, 0.5) is 22.7 Å². The van der Waals surface area contributed by atoms with E-state index in [1.165, 1.54) is 12.1 Å². The van der Waals surface area contributed by atoms with Gasteiger partial charge < -0.3 is 61.6 Å². The van der Waals surface area contributed by atoms with E-state index in [0.29, 0.717) is 58.4 Å². The molecule has 4 rings (SSSR count). The molecule has 6 amide bonds. The number of carbonyl (C=O) groups excluding carboxylic acids is 6. The molecule has 4 aromatic rings. The molecular formula is C38H52N14O6. The first-order chi connectivity index (χ1) is 27.5. The Labute approximate surface area is 335 Å². The van der Waals surface area contributed by atoms with E-state index in [4.69, 9.17) is 22.3 Å². The summed E-state index contributed by atoms with van der Waals surface area (Å²) in [5.41, 5.74) is 13.7. The lowest BCUT2D eigenvalue weighted by Gasteiger charge is -2.04. The number of nitrogens with one attached hydrogen (secondary N) is 8. The van der Waals surface area contributed by atoms with Crippen LogP contribution in [0, 0.1) is 10.8 Å². The number of carbonyl (C=O) groups is 6. The van der Waals surface area contributed by atoms with Gasteiger partial charge >= 0.3 is 0 Å². The monoisotopic (exact) mass is 800 g/mol. The maximum absolute atomic E-state index is 13.0. The molecule has 0 aromatic carbocycles. The predicted molar refractivity (Wildman–Crippen MR) is 220 cm³/mol. The lowest BCUT2D eigenvalue weighted by molar-refractivity contribution is -0.117. The van der Waals surface area contributed by atoms with Gasteiger partial charge in [-0.1, -0.05) is 12.8 Å². The fourth-order valence-corrected chi connectivity index (χ4v) is 6.00. The number of anilines is 4. The van der Waals surface area contributed by atoms with Crippen LogP contribution in [0.5, 0.6) is 0 Å². The average molecular weight is 801 g/mol. The normalized spacial score (nSPS) is 10.8. The number of aryl methyl sites for hydroxylation is 4. The van der Waals surface area contributed by atoms with Crippen LogP contribution in [-0.2, 0) is 37.8 Å². The van der Waals surface area contributed by atoms with Crippen molar-refractivity contribution in [2.24, 2.45) is 39.7 Å². The van der Waals surface area contributed by atoms with E-state index in [1.54, 1.807) is 83.4 Å². The Balaban J connectivity index is 1.14. The van der Waals surface area contributed by atoms with Gasteiger partial charge in [-0.05, 0) is 37.1 Å². The largest absolute Gasteiger partial charge is 0.388 e. The van der Waals surface area contributed by atoms with Crippen molar-refractivity contribution >= 4 is 69.9 Å². The lowest BCUT2D eigenvalue weighted by Crippen LogP contribution is -2.28. The van der Waals surface area contributed by atoms with Gasteiger partial charge in [0.1, 0.15) is 22.8 Å². The SMILES string of the molecule is Cn1cc(NC(=O)c2cc(NC(=O)CCCCCCC(=O)Nc3cc(C(=O)Nc4cc(C(=O)NCCC(=N)N)n(C)c4)n(C)c3)cn2C)cc1C(=O)NCCC(=N)N. The van der Waals surface area contributed by atoms with E-state index >= 15 is 0 Å². The zero-order valence-electron chi connectivity index (χ0n) is 33.1. The molecule has 0 saturated carbocycles. The highest BCUT2D eigenvalue weighted by Crippen LogP contribution is 2.20. The molecule has 58 heavy (non-hydrogen) atoms. The summed E-state index contributed by atoms with van der Waals surface area (Å²) in [5, 5.41) is 31.1. The van der Waals surface area contributed by atoms with Gasteiger partial charge in [0.25, 0.3) is 23.6 Å². The Morgan fingerprint density at radius 3 is 1.07 bits per heavy atom. The Morgan fingerprint density at radius 1 is 0.466 bits per heavy atom. The molecule has 310 valence electrons. The van der Waals surface area contributed by atoms with E-state index in [0.717, 1.165) is 12.8 Å². The average Bonchev–Trinajstić information content (AvgIpc) is 3.90. The molecule has 0 atom stereocenters. The fourth-order valence-electron chi connectivity index (χ4n) is 6.00. The van der Waals surface area contributed by atoms with Crippen molar-refractivity contribution in [1.29, 1.82) is 10.8 Å². The number of amides is 6. The highest BCUT2D eigenvalue weighted by Gasteiger charge is 2.19. The second-order valence-electron chi connectivity index (χ2n) is 13.9. The third kappa shape index (κ3) is 12.7. The van der Waals surface area contributed by atoms with Crippen LogP contribution < -0.4 is 43.4 Å². The van der Waals surface area contributed by atoms with Crippen LogP contribution in [0.1, 0.15) is 93.3 Å². The van der Waals surface area contributed by atoms with Gasteiger partial charge in [-0.25, -0.2) is 0 Å². The number of amidine groups is 2. The molecule has 20 heteroatoms. The minimum Gasteiger partial charge on any atom is -0.388 e. The van der Waals surface area contributed by atoms with Gasteiger partial charge in [0, 0.05) is 91.8 Å². The van der Waals surface area contributed by atoms with Crippen LogP contribution in [0.2, 0.25) is 0 Å². The molecule has 0 spiro atoms. The van der Waals surface area contributed by atoms with Crippen molar-refractivity contribution in [3.8, 4) is 0 Å². The molecule has 0 unspecified atom stereocenters. The standard InChI is InChI=1S/C38H52N14O6/c1-49-21-25(17-27(49)35(55)43-13-11-31(39)40)47-37(57)29-15-23(19-51(29)3)45-33(53)9-7-5-6-8-10-34(54)46-24-16-30(52(4)20-24)38(58)48-26-18-28(50(2)22-26)36(56)44-14-12-32(41)42/h15-22H,5-14H2,1-4H3,(H3,39,40)(H3,41,42)(H,43,55)(H,44,56)(H,45,53)(H,46,54)(H,47,57)(H,48,58). The van der Waals surface area contributed by atoms with Crippen LogP contribution in [0.3, 0.4) is 0 Å². The number of nitrogens with two attached hydrogens (primary N) is 2. The van der Waals surface area contributed by atoms with Crippen molar-refractivity contribution < 1.29 is 28.8 Å². The summed E-state index contributed by atoms with van der Waals surface area (Å²) in [4.78, 5) is 76.2. The Hall–Kier alpha value is -7.12. The number of aromatic nitrogens is 4. The maximum Gasteiger partial charge on any atom is 0.272 e. The van der Waals surface area contributed by atoms with Crippen molar-refractivity contribution in [3.63, 3.8) is 0 Å². The van der Waals surface area contributed by atoms with Crippen LogP contribution >= 0.6 is 0 Å². The molecule has 0 fully saturated rings. The molecule has 4 heterocycles. The lowest BCUT2D eigenvalue weighted by atomic mass is 10.1. The van der Waals surface area contributed by atoms with Gasteiger partial charge in [0.15, 0.2) is 0 Å². The summed E-state index contributed by atoms with van der Waals surface area (Å²) in [6.07, 6.45) is 10.1. The number of hydrogen-bond acceptors (Lipinski definition) is 8. The summed E-state index contributed by atoms with van der Waals surface area (Å²) < 4.78 is 6.32. The highest BCUT2D eigenvalue weighted by atomic mass is 16.2. The van der Waals surface area contributed by atoms with Crippen molar-refractivity contribution in [2.45, 2.75) is 51.4 Å². The van der Waals surface area contributed by atoms with Crippen molar-refractivity contribution in [2.75, 3.05) is 34.4 Å². The number of rotatable bonds is 21. The minimum absolute atomic E-state index is 0.0316. The molecule has 4 aromatic heterocycles. The maximum atomic E-state index is 13.0. The molecule has 0 aliphatic carbocycles. The van der Waals surface area contributed by atoms with E-state index in [2.05, 4.69) is 31.9 Å². The molecule has 0 radical (unpaired) electrons. The second-order valence-corrected chi connectivity index (χ2v) is 13.9. The summed E-state index contributed by atoms with van der Waals surface area (Å²) in [5.74, 6) is -2.06. The van der Waals surface area contributed by atoms with Gasteiger partial charge in [-0.2, -0.15) is 0 Å². The summed E-state index contributed by atoms with van der Waals surface area (Å²) in [6, 6.07) is 6.21. The number of hydrogen-bond donors (Lipinski definition) is 10. The first-order valence-electron chi connectivity index (χ1n) is 18.6. The van der Waals surface area contributed by atoms with Crippen LogP contribution in [-0.4, -0.2) is 78.5 Å². The molecule has 0 saturated heterocycles. The van der Waals surface area contributed by atoms with Gasteiger partial charge in [0.2, 0.25) is 11.8 Å². The molecule has 12 N–H and O–H groups in total. The molecular weight excluding hydrogens is 749 g/mol. The third-order valence-electron chi connectivity index (χ3n) is 8.95. The second kappa shape index (κ2) is 20.2. The predicted octanol–water partition coefficient (Wildman–Crippen LogP) is 2.57. The van der Waals surface area contributed by atoms with E-state index in [9.17, 15) is 28.8 Å². The quantitative estimate of drug-likeness (QED) is 0.0339. The van der Waals surface area contributed by atoms with Crippen molar-refractivity contribution in [3.05, 3.63) is 71.8 Å². The zero-order valence-corrected chi connectivity index (χ0v) is 33.1. The Morgan fingerprint density at radius 2 is 0.759 bits per heavy atom. The number of nitrogens with zero attached hydrogens (tertiary/aromatic N) is 4. The molecule has 0 aliphatic rings. The van der Waals surface area contributed by atoms with Crippen LogP contribution in [0.25, 0.3) is 0 Å². The van der Waals surface area contributed by atoms with E-state index in [1.807, 2.05) is 0 Å². The summed E-state index contributed by atoms with van der Waals surface area (Å²) in [6.45, 7) is 0.437. The molecule has 20 nitrogen and oxygen atoms in total. The summed E-state index contributed by atoms with van der Waals surface area (Å²) >= 11 is 0. The van der Waals surface area contributed by atoms with Crippen LogP contribution in [0.15, 0.2) is 49.1 Å². The minimum atomic E-state index is -0.427. The molecule has 0 aliphatic heterocycles. The Bertz CT molecular complexity index is 2040. The third-order valence-corrected chi connectivity index (χ3v) is 8.95. The summed E-state index contributed by atoms with van der Waals surface area (Å²) in [7, 11) is 6.71. The highest BCUT2D eigenvalue weighted by molar-refractivity contribution is 6.06. The van der Waals surface area contributed by atoms with Gasteiger partial charge in [0.05, 0.1) is 34.4 Å². The fraction of sp³-hybridized carbons (Fsp3) is 0.368.